The molecular weight excluding hydrogens is 351 g/mol. The third kappa shape index (κ3) is 3.48. The number of carbonyl (C=O) groups excluding carboxylic acids is 2. The lowest BCUT2D eigenvalue weighted by molar-refractivity contribution is -0.123. The first-order chi connectivity index (χ1) is 10.5. The van der Waals surface area contributed by atoms with Gasteiger partial charge in [-0.1, -0.05) is 0 Å². The molecule has 1 N–H and O–H groups in total. The molecule has 1 aliphatic carbocycles. The van der Waals surface area contributed by atoms with Gasteiger partial charge in [0, 0.05) is 29.5 Å². The van der Waals surface area contributed by atoms with Crippen LogP contribution in [0, 0.1) is 11.7 Å². The molecule has 1 aliphatic heterocycles. The molecule has 0 unspecified atom stereocenters. The molecule has 22 heavy (non-hydrogen) atoms. The normalized spacial score (nSPS) is 19.1. The molecule has 1 heterocycles. The highest BCUT2D eigenvalue weighted by Gasteiger charge is 2.32. The minimum Gasteiger partial charge on any atom is -0.353 e. The largest absolute Gasteiger partial charge is 0.353 e. The Morgan fingerprint density at radius 1 is 1.18 bits per heavy atom. The van der Waals surface area contributed by atoms with Gasteiger partial charge in [0.15, 0.2) is 0 Å². The number of piperidine rings is 1. The topological polar surface area (TPSA) is 49.4 Å². The van der Waals surface area contributed by atoms with Gasteiger partial charge in [0.05, 0.1) is 5.56 Å². The van der Waals surface area contributed by atoms with Crippen molar-refractivity contribution in [3.8, 4) is 0 Å². The second kappa shape index (κ2) is 6.36. The quantitative estimate of drug-likeness (QED) is 0.891. The highest BCUT2D eigenvalue weighted by atomic mass is 79.9. The van der Waals surface area contributed by atoms with Crippen LogP contribution in [0.4, 0.5) is 4.39 Å². The SMILES string of the molecule is O=C(NC1CCN(C(=O)c2ccc(F)cc2Br)CC1)C1CC1. The van der Waals surface area contributed by atoms with E-state index in [0.29, 0.717) is 23.1 Å². The van der Waals surface area contributed by atoms with E-state index in [1.165, 1.54) is 18.2 Å². The summed E-state index contributed by atoms with van der Waals surface area (Å²) in [5.74, 6) is -0.0929. The molecule has 118 valence electrons. The van der Waals surface area contributed by atoms with Crippen molar-refractivity contribution in [3.63, 3.8) is 0 Å². The standard InChI is InChI=1S/C16H18BrFN2O2/c17-14-9-11(18)3-4-13(14)16(22)20-7-5-12(6-8-20)19-15(21)10-1-2-10/h3-4,9-10,12H,1-2,5-8H2,(H,19,21). The van der Waals surface area contributed by atoms with Gasteiger partial charge in [0.25, 0.3) is 5.91 Å². The van der Waals surface area contributed by atoms with Crippen LogP contribution in [0.1, 0.15) is 36.0 Å². The van der Waals surface area contributed by atoms with E-state index in [9.17, 15) is 14.0 Å². The third-order valence-electron chi connectivity index (χ3n) is 4.24. The Hall–Kier alpha value is -1.43. The number of nitrogens with one attached hydrogen (secondary N) is 1. The summed E-state index contributed by atoms with van der Waals surface area (Å²) in [7, 11) is 0. The van der Waals surface area contributed by atoms with E-state index < -0.39 is 0 Å². The number of carbonyl (C=O) groups is 2. The smallest absolute Gasteiger partial charge is 0.255 e. The van der Waals surface area contributed by atoms with Crippen molar-refractivity contribution in [1.82, 2.24) is 10.2 Å². The number of likely N-dealkylation sites (tertiary alicyclic amines) is 1. The van der Waals surface area contributed by atoms with Crippen molar-refractivity contribution < 1.29 is 14.0 Å². The number of amides is 2. The average molecular weight is 369 g/mol. The highest BCUT2D eigenvalue weighted by Crippen LogP contribution is 2.29. The zero-order valence-electron chi connectivity index (χ0n) is 12.1. The van der Waals surface area contributed by atoms with E-state index >= 15 is 0 Å². The summed E-state index contributed by atoms with van der Waals surface area (Å²) in [6, 6.07) is 4.26. The maximum absolute atomic E-state index is 13.1. The van der Waals surface area contributed by atoms with E-state index in [1.54, 1.807) is 4.90 Å². The van der Waals surface area contributed by atoms with Crippen LogP contribution < -0.4 is 5.32 Å². The molecule has 2 amide bonds. The summed E-state index contributed by atoms with van der Waals surface area (Å²) in [6.45, 7) is 1.22. The summed E-state index contributed by atoms with van der Waals surface area (Å²) in [4.78, 5) is 26.0. The zero-order valence-corrected chi connectivity index (χ0v) is 13.7. The van der Waals surface area contributed by atoms with Gasteiger partial charge in [0.1, 0.15) is 5.82 Å². The van der Waals surface area contributed by atoms with Crippen LogP contribution in [0.3, 0.4) is 0 Å². The second-order valence-electron chi connectivity index (χ2n) is 5.97. The van der Waals surface area contributed by atoms with Gasteiger partial charge >= 0.3 is 0 Å². The van der Waals surface area contributed by atoms with E-state index in [2.05, 4.69) is 21.2 Å². The summed E-state index contributed by atoms with van der Waals surface area (Å²) >= 11 is 3.24. The molecule has 3 rings (SSSR count). The maximum Gasteiger partial charge on any atom is 0.255 e. The van der Waals surface area contributed by atoms with E-state index in [-0.39, 0.29) is 29.6 Å². The van der Waals surface area contributed by atoms with Gasteiger partial charge < -0.3 is 10.2 Å². The molecule has 4 nitrogen and oxygen atoms in total. The van der Waals surface area contributed by atoms with Crippen LogP contribution in [0.2, 0.25) is 0 Å². The van der Waals surface area contributed by atoms with Crippen molar-refractivity contribution in [2.75, 3.05) is 13.1 Å². The number of nitrogens with zero attached hydrogens (tertiary/aromatic N) is 1. The number of hydrogen-bond acceptors (Lipinski definition) is 2. The molecule has 1 saturated carbocycles. The molecule has 0 spiro atoms. The van der Waals surface area contributed by atoms with Crippen molar-refractivity contribution in [3.05, 3.63) is 34.1 Å². The van der Waals surface area contributed by atoms with Crippen LogP contribution in [-0.4, -0.2) is 35.8 Å². The Balaban J connectivity index is 1.56. The van der Waals surface area contributed by atoms with E-state index in [4.69, 9.17) is 0 Å². The minimum atomic E-state index is -0.370. The van der Waals surface area contributed by atoms with Crippen LogP contribution >= 0.6 is 15.9 Å². The van der Waals surface area contributed by atoms with Gasteiger partial charge in [-0.15, -0.1) is 0 Å². The average Bonchev–Trinajstić information content (AvgIpc) is 3.32. The zero-order chi connectivity index (χ0) is 15.7. The molecule has 2 fully saturated rings. The molecule has 0 aromatic heterocycles. The molecule has 1 saturated heterocycles. The highest BCUT2D eigenvalue weighted by molar-refractivity contribution is 9.10. The minimum absolute atomic E-state index is 0.0983. The van der Waals surface area contributed by atoms with Gasteiger partial charge in [-0.25, -0.2) is 4.39 Å². The van der Waals surface area contributed by atoms with E-state index in [1.807, 2.05) is 0 Å². The third-order valence-corrected chi connectivity index (χ3v) is 4.89. The Kier molecular flexibility index (Phi) is 4.47. The molecule has 0 bridgehead atoms. The first-order valence-electron chi connectivity index (χ1n) is 7.59. The Bertz CT molecular complexity index is 596. The number of hydrogen-bond donors (Lipinski definition) is 1. The summed E-state index contributed by atoms with van der Waals surface area (Å²) in [5, 5.41) is 3.06. The van der Waals surface area contributed by atoms with Gasteiger partial charge in [0.2, 0.25) is 5.91 Å². The molecule has 0 radical (unpaired) electrons. The summed E-state index contributed by atoms with van der Waals surface area (Å²) < 4.78 is 13.6. The predicted octanol–water partition coefficient (Wildman–Crippen LogP) is 2.72. The summed E-state index contributed by atoms with van der Waals surface area (Å²) in [5.41, 5.74) is 0.474. The lowest BCUT2D eigenvalue weighted by Crippen LogP contribution is -2.47. The van der Waals surface area contributed by atoms with Gasteiger partial charge in [-0.3, -0.25) is 9.59 Å². The lowest BCUT2D eigenvalue weighted by atomic mass is 10.0. The maximum atomic E-state index is 13.1. The van der Waals surface area contributed by atoms with Crippen LogP contribution in [0.15, 0.2) is 22.7 Å². The van der Waals surface area contributed by atoms with Crippen molar-refractivity contribution in [2.24, 2.45) is 5.92 Å². The Morgan fingerprint density at radius 2 is 1.86 bits per heavy atom. The predicted molar refractivity (Wildman–Crippen MR) is 83.9 cm³/mol. The molecule has 2 aliphatic rings. The lowest BCUT2D eigenvalue weighted by Gasteiger charge is -2.32. The van der Waals surface area contributed by atoms with Crippen molar-refractivity contribution in [1.29, 1.82) is 0 Å². The molecule has 1 aromatic carbocycles. The number of halogens is 2. The Morgan fingerprint density at radius 3 is 2.45 bits per heavy atom. The molecular formula is C16H18BrFN2O2. The number of benzene rings is 1. The molecule has 1 aromatic rings. The second-order valence-corrected chi connectivity index (χ2v) is 6.83. The number of rotatable bonds is 3. The van der Waals surface area contributed by atoms with Crippen LogP contribution in [0.25, 0.3) is 0 Å². The first kappa shape index (κ1) is 15.5. The fourth-order valence-electron chi connectivity index (χ4n) is 2.72. The summed E-state index contributed by atoms with van der Waals surface area (Å²) in [6.07, 6.45) is 3.54. The monoisotopic (exact) mass is 368 g/mol. The fraction of sp³-hybridized carbons (Fsp3) is 0.500. The van der Waals surface area contributed by atoms with Crippen LogP contribution in [-0.2, 0) is 4.79 Å². The first-order valence-corrected chi connectivity index (χ1v) is 8.38. The Labute approximate surface area is 137 Å². The van der Waals surface area contributed by atoms with Crippen molar-refractivity contribution >= 4 is 27.7 Å². The van der Waals surface area contributed by atoms with Crippen molar-refractivity contribution in [2.45, 2.75) is 31.7 Å². The van der Waals surface area contributed by atoms with E-state index in [0.717, 1.165) is 25.7 Å². The van der Waals surface area contributed by atoms with Gasteiger partial charge in [-0.2, -0.15) is 0 Å². The molecule has 6 heteroatoms. The van der Waals surface area contributed by atoms with Crippen LogP contribution in [0.5, 0.6) is 0 Å². The fourth-order valence-corrected chi connectivity index (χ4v) is 3.25. The van der Waals surface area contributed by atoms with Gasteiger partial charge in [-0.05, 0) is 59.8 Å². The molecule has 0 atom stereocenters.